The number of nitrogens with zero attached hydrogens (tertiary/aromatic N) is 2. The summed E-state index contributed by atoms with van der Waals surface area (Å²) in [7, 11) is 0. The summed E-state index contributed by atoms with van der Waals surface area (Å²) in [5, 5.41) is 2.80. The molecule has 1 aromatic carbocycles. The quantitative estimate of drug-likeness (QED) is 0.600. The molecule has 0 unspecified atom stereocenters. The Bertz CT molecular complexity index is 951. The van der Waals surface area contributed by atoms with Crippen LogP contribution in [0.25, 0.3) is 0 Å². The van der Waals surface area contributed by atoms with Gasteiger partial charge in [-0.05, 0) is 48.5 Å². The Kier molecular flexibility index (Phi) is 6.12. The topological polar surface area (TPSA) is 76.8 Å². The molecule has 4 rings (SSSR count). The van der Waals surface area contributed by atoms with Crippen molar-refractivity contribution < 1.29 is 18.7 Å². The lowest BCUT2D eigenvalue weighted by Crippen LogP contribution is -2.36. The van der Waals surface area contributed by atoms with E-state index in [4.69, 9.17) is 13.9 Å². The number of benzene rings is 1. The van der Waals surface area contributed by atoms with Crippen LogP contribution in [-0.2, 0) is 11.3 Å². The lowest BCUT2D eigenvalue weighted by atomic mass is 10.3. The van der Waals surface area contributed by atoms with Crippen LogP contribution in [0.4, 0.5) is 11.5 Å². The molecule has 1 saturated heterocycles. The third kappa shape index (κ3) is 5.16. The lowest BCUT2D eigenvalue weighted by Gasteiger charge is -2.27. The number of nitrogens with one attached hydrogen (secondary N) is 1. The van der Waals surface area contributed by atoms with E-state index < -0.39 is 0 Å². The van der Waals surface area contributed by atoms with Crippen LogP contribution in [0, 0.1) is 0 Å². The second-order valence-corrected chi connectivity index (χ2v) is 7.38. The van der Waals surface area contributed by atoms with Gasteiger partial charge in [-0.2, -0.15) is 0 Å². The number of ether oxygens (including phenoxy) is 2. The number of rotatable bonds is 6. The first-order chi connectivity index (χ1) is 14.2. The second kappa shape index (κ2) is 9.11. The average Bonchev–Trinajstić information content (AvgIpc) is 3.24. The molecular formula is C21H20BrN3O4. The van der Waals surface area contributed by atoms with Gasteiger partial charge in [-0.1, -0.05) is 15.9 Å². The first-order valence-corrected chi connectivity index (χ1v) is 10.0. The van der Waals surface area contributed by atoms with Crippen molar-refractivity contribution >= 4 is 33.3 Å². The summed E-state index contributed by atoms with van der Waals surface area (Å²) in [5.41, 5.74) is 0.607. The fourth-order valence-corrected chi connectivity index (χ4v) is 3.16. The molecule has 1 aliphatic rings. The monoisotopic (exact) mass is 457 g/mol. The van der Waals surface area contributed by atoms with E-state index in [0.717, 1.165) is 29.1 Å². The van der Waals surface area contributed by atoms with Crippen molar-refractivity contribution in [2.24, 2.45) is 0 Å². The van der Waals surface area contributed by atoms with E-state index in [1.807, 2.05) is 36.4 Å². The van der Waals surface area contributed by atoms with Gasteiger partial charge >= 0.3 is 0 Å². The minimum absolute atomic E-state index is 0.219. The summed E-state index contributed by atoms with van der Waals surface area (Å²) in [6.45, 7) is 3.27. The first kappa shape index (κ1) is 19.5. The maximum atomic E-state index is 12.4. The van der Waals surface area contributed by atoms with Gasteiger partial charge in [0, 0.05) is 17.6 Å². The third-order valence-corrected chi connectivity index (χ3v) is 4.95. The van der Waals surface area contributed by atoms with Crippen molar-refractivity contribution in [1.82, 2.24) is 4.98 Å². The highest BCUT2D eigenvalue weighted by Crippen LogP contribution is 2.19. The predicted molar refractivity (Wildman–Crippen MR) is 112 cm³/mol. The normalized spacial score (nSPS) is 13.9. The fraction of sp³-hybridized carbons (Fsp3) is 0.238. The average molecular weight is 458 g/mol. The number of hydrogen-bond acceptors (Lipinski definition) is 6. The molecule has 150 valence electrons. The molecule has 7 nitrogen and oxygen atoms in total. The maximum Gasteiger partial charge on any atom is 0.291 e. The van der Waals surface area contributed by atoms with E-state index in [-0.39, 0.29) is 18.3 Å². The van der Waals surface area contributed by atoms with Gasteiger partial charge in [0.1, 0.15) is 23.9 Å². The van der Waals surface area contributed by atoms with Gasteiger partial charge in [-0.25, -0.2) is 4.98 Å². The van der Waals surface area contributed by atoms with E-state index >= 15 is 0 Å². The molecule has 0 bridgehead atoms. The van der Waals surface area contributed by atoms with E-state index in [1.54, 1.807) is 18.3 Å². The Morgan fingerprint density at radius 1 is 1.10 bits per heavy atom. The SMILES string of the molecule is O=C(Nc1ccc(N2CCOCC2)nc1)c1ccc(COc2ccc(Br)cc2)o1. The molecule has 0 atom stereocenters. The molecular weight excluding hydrogens is 438 g/mol. The van der Waals surface area contributed by atoms with Crippen LogP contribution in [0.3, 0.4) is 0 Å². The molecule has 3 heterocycles. The van der Waals surface area contributed by atoms with Crippen LogP contribution >= 0.6 is 15.9 Å². The highest BCUT2D eigenvalue weighted by Gasteiger charge is 2.14. The standard InChI is InChI=1S/C21H20BrN3O4/c22-15-1-4-17(5-2-15)28-14-18-6-7-19(29-18)21(26)24-16-3-8-20(23-13-16)25-9-11-27-12-10-25/h1-8,13H,9-12,14H2,(H,24,26). The maximum absolute atomic E-state index is 12.4. The van der Waals surface area contributed by atoms with Crippen LogP contribution in [0.2, 0.25) is 0 Å². The summed E-state index contributed by atoms with van der Waals surface area (Å²) in [5.74, 6) is 2.05. The number of amides is 1. The molecule has 29 heavy (non-hydrogen) atoms. The number of anilines is 2. The van der Waals surface area contributed by atoms with Gasteiger partial charge < -0.3 is 24.1 Å². The van der Waals surface area contributed by atoms with Crippen molar-refractivity contribution in [2.45, 2.75) is 6.61 Å². The zero-order valence-corrected chi connectivity index (χ0v) is 17.2. The number of halogens is 1. The number of furan rings is 1. The van der Waals surface area contributed by atoms with E-state index in [9.17, 15) is 4.79 Å². The molecule has 0 radical (unpaired) electrons. The molecule has 1 N–H and O–H groups in total. The van der Waals surface area contributed by atoms with Crippen LogP contribution in [0.15, 0.2) is 63.6 Å². The van der Waals surface area contributed by atoms with E-state index in [2.05, 4.69) is 31.1 Å². The molecule has 1 aliphatic heterocycles. The second-order valence-electron chi connectivity index (χ2n) is 6.47. The Labute approximate surface area is 176 Å². The molecule has 1 amide bonds. The van der Waals surface area contributed by atoms with Crippen LogP contribution < -0.4 is 15.0 Å². The Hall–Kier alpha value is -2.84. The molecule has 0 aliphatic carbocycles. The first-order valence-electron chi connectivity index (χ1n) is 9.24. The van der Waals surface area contributed by atoms with Crippen LogP contribution in [0.1, 0.15) is 16.3 Å². The fourth-order valence-electron chi connectivity index (χ4n) is 2.90. The smallest absolute Gasteiger partial charge is 0.291 e. The van der Waals surface area contributed by atoms with Crippen LogP contribution in [-0.4, -0.2) is 37.2 Å². The highest BCUT2D eigenvalue weighted by atomic mass is 79.9. The predicted octanol–water partition coefficient (Wildman–Crippen LogP) is 4.11. The van der Waals surface area contributed by atoms with Gasteiger partial charge in [-0.3, -0.25) is 4.79 Å². The molecule has 1 fully saturated rings. The van der Waals surface area contributed by atoms with E-state index in [1.165, 1.54) is 0 Å². The minimum Gasteiger partial charge on any atom is -0.486 e. The Morgan fingerprint density at radius 3 is 2.62 bits per heavy atom. The number of morpholine rings is 1. The van der Waals surface area contributed by atoms with Gasteiger partial charge in [0.25, 0.3) is 5.91 Å². The largest absolute Gasteiger partial charge is 0.486 e. The summed E-state index contributed by atoms with van der Waals surface area (Å²) in [6.07, 6.45) is 1.64. The molecule has 3 aromatic rings. The highest BCUT2D eigenvalue weighted by molar-refractivity contribution is 9.10. The molecule has 8 heteroatoms. The summed E-state index contributed by atoms with van der Waals surface area (Å²) >= 11 is 3.38. The Morgan fingerprint density at radius 2 is 1.90 bits per heavy atom. The van der Waals surface area contributed by atoms with Gasteiger partial charge in [-0.15, -0.1) is 0 Å². The van der Waals surface area contributed by atoms with Gasteiger partial charge in [0.05, 0.1) is 25.1 Å². The lowest BCUT2D eigenvalue weighted by molar-refractivity contribution is 0.0992. The summed E-state index contributed by atoms with van der Waals surface area (Å²) in [4.78, 5) is 19.0. The van der Waals surface area contributed by atoms with Crippen molar-refractivity contribution in [2.75, 3.05) is 36.5 Å². The number of carbonyl (C=O) groups is 1. The molecule has 0 saturated carbocycles. The van der Waals surface area contributed by atoms with Crippen LogP contribution in [0.5, 0.6) is 5.75 Å². The number of pyridine rings is 1. The molecule has 0 spiro atoms. The Balaban J connectivity index is 1.32. The summed E-state index contributed by atoms with van der Waals surface area (Å²) in [6, 6.07) is 14.6. The summed E-state index contributed by atoms with van der Waals surface area (Å²) < 4.78 is 17.6. The van der Waals surface area contributed by atoms with Crippen molar-refractivity contribution in [1.29, 1.82) is 0 Å². The minimum atomic E-state index is -0.333. The van der Waals surface area contributed by atoms with Gasteiger partial charge in [0.15, 0.2) is 5.76 Å². The van der Waals surface area contributed by atoms with Crippen molar-refractivity contribution in [3.05, 3.63) is 70.7 Å². The van der Waals surface area contributed by atoms with Crippen molar-refractivity contribution in [3.63, 3.8) is 0 Å². The zero-order chi connectivity index (χ0) is 20.1. The third-order valence-electron chi connectivity index (χ3n) is 4.42. The van der Waals surface area contributed by atoms with E-state index in [0.29, 0.717) is 24.7 Å². The number of aromatic nitrogens is 1. The van der Waals surface area contributed by atoms with Crippen molar-refractivity contribution in [3.8, 4) is 5.75 Å². The molecule has 2 aromatic heterocycles. The zero-order valence-electron chi connectivity index (χ0n) is 15.6. The number of hydrogen-bond donors (Lipinski definition) is 1. The van der Waals surface area contributed by atoms with Gasteiger partial charge in [0.2, 0.25) is 0 Å². The number of carbonyl (C=O) groups excluding carboxylic acids is 1.